The average molecular weight is 213 g/mol. The number of hydrogen-bond acceptors (Lipinski definition) is 5. The average Bonchev–Trinajstić information content (AvgIpc) is 1.82. The minimum atomic E-state index is -5.01. The van der Waals surface area contributed by atoms with Gasteiger partial charge in [-0.25, -0.2) is 0 Å². The molecule has 0 heterocycles. The van der Waals surface area contributed by atoms with E-state index in [2.05, 4.69) is 0 Å². The molecule has 76 valence electrons. The third kappa shape index (κ3) is 2.97. The number of rotatable bonds is 4. The molecule has 0 amide bonds. The van der Waals surface area contributed by atoms with Crippen LogP contribution in [0.4, 0.5) is 0 Å². The summed E-state index contributed by atoms with van der Waals surface area (Å²) < 4.78 is 29.0. The molecule has 0 fully saturated rings. The van der Waals surface area contributed by atoms with Gasteiger partial charge in [0.1, 0.15) is 6.04 Å². The van der Waals surface area contributed by atoms with Gasteiger partial charge in [-0.2, -0.15) is 8.42 Å². The molecule has 0 aromatic carbocycles. The summed E-state index contributed by atoms with van der Waals surface area (Å²) in [5.41, 5.74) is 4.73. The van der Waals surface area contributed by atoms with E-state index in [0.717, 1.165) is 0 Å². The molecule has 8 nitrogen and oxygen atoms in total. The van der Waals surface area contributed by atoms with Gasteiger partial charge >= 0.3 is 11.9 Å². The van der Waals surface area contributed by atoms with Crippen LogP contribution in [-0.2, 0) is 19.7 Å². The molecule has 0 unspecified atom stereocenters. The molecule has 0 aromatic rings. The van der Waals surface area contributed by atoms with Gasteiger partial charge in [0, 0.05) is 0 Å². The van der Waals surface area contributed by atoms with Crippen molar-refractivity contribution in [3.05, 3.63) is 0 Å². The van der Waals surface area contributed by atoms with E-state index in [-0.39, 0.29) is 0 Å². The Kier molecular flexibility index (Phi) is 3.34. The first-order chi connectivity index (χ1) is 5.68. The fourth-order valence-electron chi connectivity index (χ4n) is 0.596. The fourth-order valence-corrected chi connectivity index (χ4v) is 1.34. The number of hydrogen-bond donors (Lipinski definition) is 4. The first kappa shape index (κ1) is 11.8. The molecule has 0 saturated carbocycles. The lowest BCUT2D eigenvalue weighted by atomic mass is 10.2. The summed E-state index contributed by atoms with van der Waals surface area (Å²) in [5.74, 6) is -3.84. The van der Waals surface area contributed by atoms with Crippen molar-refractivity contribution in [3.63, 3.8) is 0 Å². The smallest absolute Gasteiger partial charge is 0.326 e. The number of aliphatic carboxylic acids is 2. The summed E-state index contributed by atoms with van der Waals surface area (Å²) in [6.45, 7) is 0. The van der Waals surface area contributed by atoms with E-state index in [1.165, 1.54) is 0 Å². The number of carboxylic acids is 2. The molecule has 9 heteroatoms. The van der Waals surface area contributed by atoms with E-state index >= 15 is 0 Å². The van der Waals surface area contributed by atoms with Crippen LogP contribution in [0.2, 0.25) is 0 Å². The quantitative estimate of drug-likeness (QED) is 0.381. The molecule has 0 saturated heterocycles. The zero-order chi connectivity index (χ0) is 10.8. The van der Waals surface area contributed by atoms with Gasteiger partial charge < -0.3 is 15.9 Å². The molecule has 0 aliphatic carbocycles. The Bertz CT molecular complexity index is 319. The Hall–Kier alpha value is -1.19. The van der Waals surface area contributed by atoms with Crippen LogP contribution in [0.15, 0.2) is 0 Å². The number of nitrogens with two attached hydrogens (primary N) is 1. The van der Waals surface area contributed by atoms with Crippen LogP contribution < -0.4 is 5.73 Å². The maximum Gasteiger partial charge on any atom is 0.326 e. The molecule has 0 aliphatic heterocycles. The highest BCUT2D eigenvalue weighted by molar-refractivity contribution is 7.87. The molecule has 0 aliphatic rings. The topological polar surface area (TPSA) is 155 Å². The van der Waals surface area contributed by atoms with Crippen LogP contribution in [0.3, 0.4) is 0 Å². The molecule has 13 heavy (non-hydrogen) atoms. The van der Waals surface area contributed by atoms with Gasteiger partial charge in [-0.3, -0.25) is 14.1 Å². The van der Waals surface area contributed by atoms with Gasteiger partial charge in [0.15, 0.2) is 0 Å². The van der Waals surface area contributed by atoms with Gasteiger partial charge in [0.2, 0.25) is 5.25 Å². The third-order valence-corrected chi connectivity index (χ3v) is 2.31. The van der Waals surface area contributed by atoms with E-state index in [0.29, 0.717) is 0 Å². The van der Waals surface area contributed by atoms with Crippen LogP contribution in [-0.4, -0.2) is 46.4 Å². The molecular weight excluding hydrogens is 206 g/mol. The molecule has 0 radical (unpaired) electrons. The van der Waals surface area contributed by atoms with Crippen molar-refractivity contribution >= 4 is 22.1 Å². The van der Waals surface area contributed by atoms with Crippen LogP contribution in [0.1, 0.15) is 0 Å². The van der Waals surface area contributed by atoms with Crippen molar-refractivity contribution in [2.45, 2.75) is 11.3 Å². The standard InChI is InChI=1S/C4H7NO7S/c5-1(3(6)7)2(4(8)9)13(10,11)12/h1-2H,5H2,(H,6,7)(H,8,9)(H,10,11,12)/t1-,2-/m1/s1. The molecule has 2 atom stereocenters. The lowest BCUT2D eigenvalue weighted by Gasteiger charge is -2.12. The maximum atomic E-state index is 10.4. The normalized spacial score (nSPS) is 16.2. The fraction of sp³-hybridized carbons (Fsp3) is 0.500. The molecule has 5 N–H and O–H groups in total. The molecule has 0 bridgehead atoms. The predicted octanol–water partition coefficient (Wildman–Crippen LogP) is -2.26. The van der Waals surface area contributed by atoms with E-state index in [1.807, 2.05) is 0 Å². The number of carbonyl (C=O) groups is 2. The Morgan fingerprint density at radius 1 is 1.15 bits per heavy atom. The highest BCUT2D eigenvalue weighted by Gasteiger charge is 2.40. The van der Waals surface area contributed by atoms with Crippen LogP contribution in [0.25, 0.3) is 0 Å². The summed E-state index contributed by atoms with van der Waals surface area (Å²) in [6.07, 6.45) is 0. The summed E-state index contributed by atoms with van der Waals surface area (Å²) >= 11 is 0. The highest BCUT2D eigenvalue weighted by Crippen LogP contribution is 2.03. The van der Waals surface area contributed by atoms with Crippen molar-refractivity contribution in [1.29, 1.82) is 0 Å². The van der Waals surface area contributed by atoms with E-state index in [9.17, 15) is 18.0 Å². The van der Waals surface area contributed by atoms with Crippen molar-refractivity contribution in [3.8, 4) is 0 Å². The zero-order valence-electron chi connectivity index (χ0n) is 6.11. The predicted molar refractivity (Wildman–Crippen MR) is 38.6 cm³/mol. The van der Waals surface area contributed by atoms with Crippen molar-refractivity contribution in [2.75, 3.05) is 0 Å². The van der Waals surface area contributed by atoms with Gasteiger partial charge in [-0.15, -0.1) is 0 Å². The minimum absolute atomic E-state index is 1.83. The Labute approximate surface area is 72.7 Å². The molecule has 0 spiro atoms. The van der Waals surface area contributed by atoms with Crippen molar-refractivity contribution < 1.29 is 32.8 Å². The monoisotopic (exact) mass is 213 g/mol. The van der Waals surface area contributed by atoms with Gasteiger partial charge in [0.05, 0.1) is 0 Å². The molecule has 0 rings (SSSR count). The second-order valence-electron chi connectivity index (χ2n) is 2.14. The Balaban J connectivity index is 5.07. The van der Waals surface area contributed by atoms with E-state index < -0.39 is 33.3 Å². The molecule has 0 aromatic heterocycles. The van der Waals surface area contributed by atoms with Crippen LogP contribution in [0.5, 0.6) is 0 Å². The summed E-state index contributed by atoms with van der Waals surface area (Å²) in [7, 11) is -5.01. The second-order valence-corrected chi connectivity index (χ2v) is 3.68. The second kappa shape index (κ2) is 3.68. The SMILES string of the molecule is N[C@@H](C(=O)O)[C@H](C(=O)O)S(=O)(=O)O. The lowest BCUT2D eigenvalue weighted by Crippen LogP contribution is -2.50. The lowest BCUT2D eigenvalue weighted by molar-refractivity contribution is -0.144. The Morgan fingerprint density at radius 3 is 1.62 bits per heavy atom. The number of carboxylic acid groups (broad SMARTS) is 2. The highest BCUT2D eigenvalue weighted by atomic mass is 32.2. The van der Waals surface area contributed by atoms with E-state index in [4.69, 9.17) is 20.5 Å². The van der Waals surface area contributed by atoms with Gasteiger partial charge in [-0.1, -0.05) is 0 Å². The van der Waals surface area contributed by atoms with Gasteiger partial charge in [0.25, 0.3) is 10.1 Å². The maximum absolute atomic E-state index is 10.4. The van der Waals surface area contributed by atoms with Crippen LogP contribution in [0, 0.1) is 0 Å². The van der Waals surface area contributed by atoms with Gasteiger partial charge in [-0.05, 0) is 0 Å². The van der Waals surface area contributed by atoms with Crippen LogP contribution >= 0.6 is 0 Å². The third-order valence-electron chi connectivity index (χ3n) is 1.18. The van der Waals surface area contributed by atoms with Crippen molar-refractivity contribution in [2.24, 2.45) is 5.73 Å². The first-order valence-corrected chi connectivity index (χ1v) is 4.35. The summed E-state index contributed by atoms with van der Waals surface area (Å²) in [4.78, 5) is 20.3. The Morgan fingerprint density at radius 2 is 1.54 bits per heavy atom. The largest absolute Gasteiger partial charge is 0.480 e. The molecular formula is C4H7NO7S. The van der Waals surface area contributed by atoms with E-state index in [1.54, 1.807) is 0 Å². The summed E-state index contributed by atoms with van der Waals surface area (Å²) in [5, 5.41) is 13.9. The zero-order valence-corrected chi connectivity index (χ0v) is 6.93. The minimum Gasteiger partial charge on any atom is -0.480 e. The first-order valence-electron chi connectivity index (χ1n) is 2.85. The van der Waals surface area contributed by atoms with Crippen molar-refractivity contribution in [1.82, 2.24) is 0 Å². The summed E-state index contributed by atoms with van der Waals surface area (Å²) in [6, 6.07) is -2.20.